The minimum Gasteiger partial charge on any atom is -0.495 e. The molecule has 1 N–H and O–H groups in total. The van der Waals surface area contributed by atoms with Crippen molar-refractivity contribution in [2.24, 2.45) is 0 Å². The number of hydrogen-bond acceptors (Lipinski definition) is 6. The number of methoxy groups -OCH3 is 2. The van der Waals surface area contributed by atoms with Crippen LogP contribution in [0.3, 0.4) is 0 Å². The first-order valence-corrected chi connectivity index (χ1v) is 12.2. The van der Waals surface area contributed by atoms with Gasteiger partial charge in [-0.25, -0.2) is 8.42 Å². The van der Waals surface area contributed by atoms with E-state index in [1.807, 2.05) is 31.2 Å². The second-order valence-electron chi connectivity index (χ2n) is 7.68. The lowest BCUT2D eigenvalue weighted by Gasteiger charge is -2.31. The highest BCUT2D eigenvalue weighted by molar-refractivity contribution is 7.97. The molecule has 0 bridgehead atoms. The summed E-state index contributed by atoms with van der Waals surface area (Å²) in [7, 11) is -1.23. The Balaban J connectivity index is 1.78. The van der Waals surface area contributed by atoms with Gasteiger partial charge in [0.1, 0.15) is 11.5 Å². The first kappa shape index (κ1) is 23.7. The highest BCUT2D eigenvalue weighted by atomic mass is 35.5. The molecule has 1 aliphatic heterocycles. The summed E-state index contributed by atoms with van der Waals surface area (Å²) in [6, 6.07) is 17.3. The maximum atomic E-state index is 13.6. The lowest BCUT2D eigenvalue weighted by atomic mass is 10.1. The van der Waals surface area contributed by atoms with Gasteiger partial charge in [0.2, 0.25) is 5.78 Å². The first-order chi connectivity index (χ1) is 16.3. The Morgan fingerprint density at radius 1 is 1.00 bits per heavy atom. The number of fused-ring (bicyclic) bond motifs is 1. The predicted octanol–water partition coefficient (Wildman–Crippen LogP) is 5.15. The van der Waals surface area contributed by atoms with E-state index in [9.17, 15) is 13.2 Å². The number of anilines is 2. The van der Waals surface area contributed by atoms with Gasteiger partial charge in [0.05, 0.1) is 37.2 Å². The monoisotopic (exact) mass is 498 g/mol. The smallest absolute Gasteiger partial charge is 0.270 e. The van der Waals surface area contributed by atoms with Crippen molar-refractivity contribution in [3.8, 4) is 11.5 Å². The van der Waals surface area contributed by atoms with Crippen LogP contribution < -0.4 is 19.1 Å². The summed E-state index contributed by atoms with van der Waals surface area (Å²) in [5.41, 5.74) is 2.90. The van der Waals surface area contributed by atoms with E-state index in [0.717, 1.165) is 11.1 Å². The Morgan fingerprint density at radius 3 is 2.35 bits per heavy atom. The molecule has 3 aromatic rings. The van der Waals surface area contributed by atoms with Gasteiger partial charge in [-0.1, -0.05) is 53.6 Å². The second kappa shape index (κ2) is 9.40. The van der Waals surface area contributed by atoms with Crippen LogP contribution in [0.5, 0.6) is 11.5 Å². The average Bonchev–Trinajstić information content (AvgIpc) is 2.83. The van der Waals surface area contributed by atoms with Crippen LogP contribution in [0.4, 0.5) is 11.4 Å². The van der Waals surface area contributed by atoms with Crippen LogP contribution in [0.25, 0.3) is 0 Å². The molecule has 1 aliphatic rings. The number of para-hydroxylation sites is 1. The van der Waals surface area contributed by atoms with Crippen molar-refractivity contribution >= 4 is 38.8 Å². The van der Waals surface area contributed by atoms with Gasteiger partial charge in [-0.2, -0.15) is 0 Å². The van der Waals surface area contributed by atoms with Crippen LogP contribution in [0.2, 0.25) is 5.02 Å². The third-order valence-electron chi connectivity index (χ3n) is 5.49. The number of carbonyl (C=O) groups excluding carboxylic acids is 1. The number of sulfonamides is 1. The van der Waals surface area contributed by atoms with Crippen molar-refractivity contribution in [2.45, 2.75) is 13.5 Å². The number of halogens is 1. The molecule has 176 valence electrons. The van der Waals surface area contributed by atoms with Crippen molar-refractivity contribution < 1.29 is 22.7 Å². The molecule has 0 radical (unpaired) electrons. The van der Waals surface area contributed by atoms with E-state index in [-0.39, 0.29) is 11.4 Å². The molecule has 7 nitrogen and oxygen atoms in total. The SMILES string of the molecule is COc1cc(OC)c(N/C=C2\C(=O)c3ccccc3N(Cc3ccc(C)cc3)S2(=O)=O)cc1Cl. The summed E-state index contributed by atoms with van der Waals surface area (Å²) in [4.78, 5) is 12.8. The lowest BCUT2D eigenvalue weighted by molar-refractivity contribution is 0.104. The standard InChI is InChI=1S/C25H23ClN2O5S/c1-16-8-10-17(11-9-16)15-28-21-7-5-4-6-18(21)25(29)24(34(28,30)31)14-27-20-12-19(26)22(32-2)13-23(20)33-3/h4-14,27H,15H2,1-3H3/b24-14+. The molecular weight excluding hydrogens is 476 g/mol. The first-order valence-electron chi connectivity index (χ1n) is 10.4. The molecule has 3 aromatic carbocycles. The topological polar surface area (TPSA) is 84.9 Å². The number of ketones is 1. The number of aryl methyl sites for hydroxylation is 1. The highest BCUT2D eigenvalue weighted by Crippen LogP contribution is 2.38. The Hall–Kier alpha value is -3.49. The molecule has 0 unspecified atom stereocenters. The quantitative estimate of drug-likeness (QED) is 0.473. The number of benzene rings is 3. The molecule has 0 spiro atoms. The Labute approximate surface area is 203 Å². The van der Waals surface area contributed by atoms with E-state index in [2.05, 4.69) is 5.32 Å². The number of nitrogens with one attached hydrogen (secondary N) is 1. The average molecular weight is 499 g/mol. The number of rotatable bonds is 6. The van der Waals surface area contributed by atoms with E-state index in [0.29, 0.717) is 33.5 Å². The fourth-order valence-electron chi connectivity index (χ4n) is 3.67. The third kappa shape index (κ3) is 4.34. The minimum atomic E-state index is -4.16. The Bertz CT molecular complexity index is 1380. The van der Waals surface area contributed by atoms with Crippen LogP contribution in [0.1, 0.15) is 21.5 Å². The molecule has 0 atom stereocenters. The van der Waals surface area contributed by atoms with Crippen molar-refractivity contribution in [3.05, 3.63) is 93.5 Å². The van der Waals surface area contributed by atoms with Gasteiger partial charge in [-0.3, -0.25) is 9.10 Å². The largest absolute Gasteiger partial charge is 0.495 e. The van der Waals surface area contributed by atoms with Gasteiger partial charge >= 0.3 is 0 Å². The van der Waals surface area contributed by atoms with Crippen LogP contribution in [-0.4, -0.2) is 28.4 Å². The molecule has 0 saturated carbocycles. The summed E-state index contributed by atoms with van der Waals surface area (Å²) in [5, 5.41) is 3.18. The number of hydrogen-bond donors (Lipinski definition) is 1. The fraction of sp³-hybridized carbons (Fsp3) is 0.160. The molecule has 34 heavy (non-hydrogen) atoms. The molecular formula is C25H23ClN2O5S. The van der Waals surface area contributed by atoms with Crippen LogP contribution in [-0.2, 0) is 16.6 Å². The number of nitrogens with zero attached hydrogens (tertiary/aromatic N) is 1. The summed E-state index contributed by atoms with van der Waals surface area (Å²) < 4.78 is 39.0. The maximum absolute atomic E-state index is 13.6. The van der Waals surface area contributed by atoms with Crippen molar-refractivity contribution in [1.29, 1.82) is 0 Å². The van der Waals surface area contributed by atoms with E-state index < -0.39 is 15.8 Å². The normalized spacial score (nSPS) is 15.7. The molecule has 4 rings (SSSR count). The molecule has 0 amide bonds. The molecule has 9 heteroatoms. The summed E-state index contributed by atoms with van der Waals surface area (Å²) in [5.74, 6) is 0.175. The van der Waals surface area contributed by atoms with E-state index in [4.69, 9.17) is 21.1 Å². The fourth-order valence-corrected chi connectivity index (χ4v) is 5.43. The van der Waals surface area contributed by atoms with Crippen LogP contribution in [0.15, 0.2) is 71.8 Å². The van der Waals surface area contributed by atoms with Crippen molar-refractivity contribution in [3.63, 3.8) is 0 Å². The lowest BCUT2D eigenvalue weighted by Crippen LogP contribution is -2.39. The van der Waals surface area contributed by atoms with Crippen molar-refractivity contribution in [2.75, 3.05) is 23.8 Å². The molecule has 0 fully saturated rings. The zero-order valence-electron chi connectivity index (χ0n) is 18.8. The van der Waals surface area contributed by atoms with Gasteiger partial charge < -0.3 is 14.8 Å². The van der Waals surface area contributed by atoms with Gasteiger partial charge in [-0.05, 0) is 30.7 Å². The third-order valence-corrected chi connectivity index (χ3v) is 7.55. The number of Topliss-reactive ketones (excluding diaryl/α,β-unsaturated/α-hetero) is 1. The zero-order chi connectivity index (χ0) is 24.5. The summed E-state index contributed by atoms with van der Waals surface area (Å²) in [6.07, 6.45) is 1.18. The van der Waals surface area contributed by atoms with Crippen LogP contribution in [0, 0.1) is 6.92 Å². The number of allylic oxidation sites excluding steroid dienone is 1. The zero-order valence-corrected chi connectivity index (χ0v) is 20.4. The van der Waals surface area contributed by atoms with Gasteiger partial charge in [0, 0.05) is 17.8 Å². The molecule has 0 aromatic heterocycles. The maximum Gasteiger partial charge on any atom is 0.270 e. The van der Waals surface area contributed by atoms with E-state index in [1.54, 1.807) is 30.3 Å². The van der Waals surface area contributed by atoms with Gasteiger partial charge in [0.15, 0.2) is 4.91 Å². The van der Waals surface area contributed by atoms with Crippen LogP contribution >= 0.6 is 11.6 Å². The number of carbonyl (C=O) groups is 1. The molecule has 1 heterocycles. The summed E-state index contributed by atoms with van der Waals surface area (Å²) in [6.45, 7) is 2.05. The predicted molar refractivity (Wildman–Crippen MR) is 133 cm³/mol. The Kier molecular flexibility index (Phi) is 6.54. The number of ether oxygens (including phenoxy) is 2. The van der Waals surface area contributed by atoms with E-state index in [1.165, 1.54) is 30.8 Å². The highest BCUT2D eigenvalue weighted by Gasteiger charge is 2.40. The minimum absolute atomic E-state index is 0.0852. The van der Waals surface area contributed by atoms with Crippen molar-refractivity contribution in [1.82, 2.24) is 0 Å². The molecule has 0 saturated heterocycles. The molecule has 0 aliphatic carbocycles. The van der Waals surface area contributed by atoms with Gasteiger partial charge in [0.25, 0.3) is 10.0 Å². The van der Waals surface area contributed by atoms with E-state index >= 15 is 0 Å². The Morgan fingerprint density at radius 2 is 1.68 bits per heavy atom. The second-order valence-corrected chi connectivity index (χ2v) is 9.92. The summed E-state index contributed by atoms with van der Waals surface area (Å²) >= 11 is 6.22. The van der Waals surface area contributed by atoms with Gasteiger partial charge in [-0.15, -0.1) is 0 Å².